The normalized spacial score (nSPS) is 9.86. The zero-order valence-electron chi connectivity index (χ0n) is 78.5. The largest absolute Gasteiger partial charge is 0.458 e. The molecule has 12 rings (SSSR count). The van der Waals surface area contributed by atoms with Crippen molar-refractivity contribution in [3.63, 3.8) is 0 Å². The lowest BCUT2D eigenvalue weighted by Crippen LogP contribution is -2.09. The van der Waals surface area contributed by atoms with Crippen molar-refractivity contribution in [2.24, 2.45) is 0 Å². The van der Waals surface area contributed by atoms with Crippen LogP contribution in [0.4, 0.5) is 8.78 Å². The molecular formula is C116H98F2O24. The Morgan fingerprint density at radius 2 is 0.373 bits per heavy atom. The molecule has 0 bridgehead atoms. The number of esters is 12. The standard InChI is InChI=1S/C21H20O4.C20H17FO4.C20H18O4.C19H16O4.C18H13FO4.C18H14O4/c1-14(2)20(22)24-13-16-5-7-17(8-6-16)18-9-11-19(12-10-18)25-21(23)15(3)4;1-12(2)19(22)24-16-8-5-14(6-9-16)15-7-10-18(17(21)11-15)25-20(23)13(3)4;1-13(2)19(21)23-17-9-5-15(6-10-17)16-7-11-18(12-8-16)24-20(22)14(3)4;1-3-18(20)22-13-14-5-7-15(8-6-14)16-9-11-17(12-10-16)23-19(21)4-2;1-3-17(20)22-14-8-5-12(6-9-14)13-7-10-16(15(19)11-13)23-18(21)4-2;1-3-17(19)21-15-9-5-13(6-10-15)14-7-11-16(12-8-14)22-18(20)4-2/h5-12H,1,3,13H2,2,4H3;5-11H,1,3H2,2,4H3;5-12H,1,3H2,2,4H3;3-12H,1-2,13H2;3-11H,1-2H2;3-12H,1-2H2. The summed E-state index contributed by atoms with van der Waals surface area (Å²) in [6, 6.07) is 79.6. The van der Waals surface area contributed by atoms with Gasteiger partial charge >= 0.3 is 71.6 Å². The minimum atomic E-state index is -0.731. The Kier molecular flexibility index (Phi) is 43.2. The molecule has 0 N–H and O–H groups in total. The van der Waals surface area contributed by atoms with Crippen molar-refractivity contribution in [2.45, 2.75) is 54.8 Å². The number of carbonyl (C=O) groups excluding carboxylic acids is 12. The first-order valence-corrected chi connectivity index (χ1v) is 42.6. The minimum absolute atomic E-state index is 0.163. The number of hydrogen-bond acceptors (Lipinski definition) is 24. The lowest BCUT2D eigenvalue weighted by molar-refractivity contribution is -0.140. The Morgan fingerprint density at radius 3 is 0.577 bits per heavy atom. The molecule has 12 aromatic carbocycles. The summed E-state index contributed by atoms with van der Waals surface area (Å²) in [4.78, 5) is 135. The average Bonchev–Trinajstić information content (AvgIpc) is 0.838. The zero-order chi connectivity index (χ0) is 104. The Morgan fingerprint density at radius 1 is 0.204 bits per heavy atom. The van der Waals surface area contributed by atoms with E-state index in [0.29, 0.717) is 96.1 Å². The molecule has 12 aromatic rings. The van der Waals surface area contributed by atoms with Crippen LogP contribution in [0.25, 0.3) is 66.8 Å². The highest BCUT2D eigenvalue weighted by Crippen LogP contribution is 2.34. The van der Waals surface area contributed by atoms with Crippen LogP contribution >= 0.6 is 0 Å². The van der Waals surface area contributed by atoms with Crippen LogP contribution in [0, 0.1) is 11.6 Å². The highest BCUT2D eigenvalue weighted by molar-refractivity contribution is 5.93. The van der Waals surface area contributed by atoms with Gasteiger partial charge in [-0.15, -0.1) is 0 Å². The second-order valence-corrected chi connectivity index (χ2v) is 30.0. The molecule has 0 amide bonds. The molecule has 0 aliphatic carbocycles. The molecule has 0 unspecified atom stereocenters. The fourth-order valence-electron chi connectivity index (χ4n) is 11.1. The van der Waals surface area contributed by atoms with E-state index in [2.05, 4.69) is 78.9 Å². The monoisotopic (exact) mass is 1910 g/mol. The summed E-state index contributed by atoms with van der Waals surface area (Å²) in [7, 11) is 0. The lowest BCUT2D eigenvalue weighted by Gasteiger charge is -2.08. The molecule has 0 radical (unpaired) electrons. The van der Waals surface area contributed by atoms with Gasteiger partial charge in [-0.1, -0.05) is 237 Å². The van der Waals surface area contributed by atoms with Crippen LogP contribution in [0.5, 0.6) is 57.5 Å². The first-order valence-electron chi connectivity index (χ1n) is 42.6. The molecule has 0 spiro atoms. The maximum atomic E-state index is 14.1. The van der Waals surface area contributed by atoms with Crippen molar-refractivity contribution in [3.8, 4) is 124 Å². The average molecular weight is 1910 g/mol. The fourth-order valence-corrected chi connectivity index (χ4v) is 11.1. The highest BCUT2D eigenvalue weighted by atomic mass is 19.1. The summed E-state index contributed by atoms with van der Waals surface area (Å²) in [5.74, 6) is -4.36. The molecule has 24 nitrogen and oxygen atoms in total. The summed E-state index contributed by atoms with van der Waals surface area (Å²) in [5, 5.41) is 0. The van der Waals surface area contributed by atoms with Gasteiger partial charge in [-0.3, -0.25) is 0 Å². The number of carbonyl (C=O) groups is 12. The van der Waals surface area contributed by atoms with E-state index in [9.17, 15) is 66.3 Å². The lowest BCUT2D eigenvalue weighted by atomic mass is 10.0. The summed E-state index contributed by atoms with van der Waals surface area (Å²) in [5.41, 5.74) is 14.1. The van der Waals surface area contributed by atoms with Gasteiger partial charge in [0.1, 0.15) is 59.2 Å². The van der Waals surface area contributed by atoms with Gasteiger partial charge in [-0.2, -0.15) is 0 Å². The Labute approximate surface area is 820 Å². The van der Waals surface area contributed by atoms with Crippen molar-refractivity contribution in [3.05, 3.63) is 451 Å². The van der Waals surface area contributed by atoms with Crippen LogP contribution in [0.1, 0.15) is 52.7 Å². The second kappa shape index (κ2) is 55.8. The maximum Gasteiger partial charge on any atom is 0.338 e. The SMILES string of the molecule is C=C(C)C(=O)OCc1ccc(-c2ccc(OC(=O)C(=C)C)cc2)cc1.C=C(C)C(=O)Oc1ccc(-c2ccc(OC(=O)C(=C)C)c(F)c2)cc1.C=C(C)C(=O)Oc1ccc(-c2ccc(OC(=O)C(=C)C)cc2)cc1.C=CC(=O)OCc1ccc(-c2ccc(OC(=O)C=C)cc2)cc1.C=CC(=O)Oc1ccc(-c2ccc(OC(=O)C=C)c(F)c2)cc1.C=CC(=O)Oc1ccc(-c2ccc(OC(=O)C=C)cc2)cc1. The number of halogens is 2. The number of benzene rings is 12. The fraction of sp³-hybridized carbons (Fsp3) is 0.0690. The molecule has 0 saturated heterocycles. The van der Waals surface area contributed by atoms with E-state index in [4.69, 9.17) is 56.8 Å². The molecule has 0 fully saturated rings. The smallest absolute Gasteiger partial charge is 0.338 e. The third kappa shape index (κ3) is 37.0. The van der Waals surface area contributed by atoms with Gasteiger partial charge in [-0.25, -0.2) is 66.3 Å². The van der Waals surface area contributed by atoms with Crippen molar-refractivity contribution >= 4 is 71.6 Å². The van der Waals surface area contributed by atoms with Gasteiger partial charge in [-0.05, 0) is 241 Å². The topological polar surface area (TPSA) is 316 Å². The molecule has 720 valence electrons. The third-order valence-corrected chi connectivity index (χ3v) is 18.6. The Bertz CT molecular complexity index is 6580. The van der Waals surface area contributed by atoms with E-state index in [1.807, 2.05) is 121 Å². The summed E-state index contributed by atoms with van der Waals surface area (Å²) >= 11 is 0. The van der Waals surface area contributed by atoms with E-state index in [0.717, 1.165) is 92.1 Å². The molecule has 0 heterocycles. The molecule has 142 heavy (non-hydrogen) atoms. The van der Waals surface area contributed by atoms with Crippen LogP contribution in [0.3, 0.4) is 0 Å². The first kappa shape index (κ1) is 110. The maximum absolute atomic E-state index is 14.1. The molecule has 0 atom stereocenters. The Hall–Kier alpha value is -19.0. The van der Waals surface area contributed by atoms with Gasteiger partial charge in [0.15, 0.2) is 23.1 Å². The summed E-state index contributed by atoms with van der Waals surface area (Å²) < 4.78 is 88.4. The molecule has 0 aliphatic rings. The van der Waals surface area contributed by atoms with Gasteiger partial charge in [0.05, 0.1) is 0 Å². The van der Waals surface area contributed by atoms with Crippen molar-refractivity contribution in [1.29, 1.82) is 0 Å². The molecule has 0 aromatic heterocycles. The van der Waals surface area contributed by atoms with Gasteiger partial charge in [0, 0.05) is 69.9 Å². The van der Waals surface area contributed by atoms with Crippen LogP contribution in [0.2, 0.25) is 0 Å². The minimum Gasteiger partial charge on any atom is -0.458 e. The van der Waals surface area contributed by atoms with E-state index < -0.39 is 83.3 Å². The highest BCUT2D eigenvalue weighted by Gasteiger charge is 2.18. The quantitative estimate of drug-likeness (QED) is 0.0215. The van der Waals surface area contributed by atoms with Crippen LogP contribution in [-0.2, 0) is 80.2 Å². The molecule has 0 aliphatic heterocycles. The van der Waals surface area contributed by atoms with Crippen LogP contribution in [0.15, 0.2) is 428 Å². The second-order valence-electron chi connectivity index (χ2n) is 30.0. The van der Waals surface area contributed by atoms with Crippen molar-refractivity contribution < 1.29 is 123 Å². The molecule has 26 heteroatoms. The van der Waals surface area contributed by atoms with Crippen molar-refractivity contribution in [1.82, 2.24) is 0 Å². The molecule has 0 saturated carbocycles. The number of ether oxygens (including phenoxy) is 12. The molecular weight excluding hydrogens is 1820 g/mol. The summed E-state index contributed by atoms with van der Waals surface area (Å²) in [6.07, 6.45) is 6.48. The Balaban J connectivity index is 0.000000231. The van der Waals surface area contributed by atoms with Gasteiger partial charge < -0.3 is 56.8 Å². The van der Waals surface area contributed by atoms with Gasteiger partial charge in [0.2, 0.25) is 0 Å². The van der Waals surface area contributed by atoms with E-state index in [-0.39, 0.29) is 30.3 Å². The predicted molar refractivity (Wildman–Crippen MR) is 537 cm³/mol. The van der Waals surface area contributed by atoms with E-state index in [1.165, 1.54) is 31.2 Å². The third-order valence-electron chi connectivity index (χ3n) is 18.6. The van der Waals surface area contributed by atoms with Gasteiger partial charge in [0.25, 0.3) is 0 Å². The van der Waals surface area contributed by atoms with E-state index >= 15 is 0 Å². The number of rotatable bonds is 32. The summed E-state index contributed by atoms with van der Waals surface area (Å²) in [6.45, 7) is 50.9. The zero-order valence-corrected chi connectivity index (χ0v) is 78.5. The van der Waals surface area contributed by atoms with Crippen molar-refractivity contribution in [2.75, 3.05) is 0 Å². The number of hydrogen-bond donors (Lipinski definition) is 0. The van der Waals surface area contributed by atoms with E-state index in [1.54, 1.807) is 168 Å². The predicted octanol–water partition coefficient (Wildman–Crippen LogP) is 24.1. The van der Waals surface area contributed by atoms with Crippen LogP contribution < -0.4 is 47.4 Å². The first-order chi connectivity index (χ1) is 67.8. The van der Waals surface area contributed by atoms with Crippen LogP contribution in [-0.4, -0.2) is 71.6 Å².